The maximum absolute atomic E-state index is 12.2. The van der Waals surface area contributed by atoms with Gasteiger partial charge in [-0.25, -0.2) is 0 Å². The summed E-state index contributed by atoms with van der Waals surface area (Å²) in [4.78, 5) is 0. The van der Waals surface area contributed by atoms with Crippen molar-refractivity contribution in [3.8, 4) is 5.75 Å². The van der Waals surface area contributed by atoms with Crippen molar-refractivity contribution in [1.29, 1.82) is 0 Å². The number of nitrogens with one attached hydrogen (secondary N) is 1. The molecule has 0 bridgehead atoms. The summed E-state index contributed by atoms with van der Waals surface area (Å²) in [6.45, 7) is 8.95. The minimum atomic E-state index is -2.78. The Hall–Kier alpha value is -1.16. The summed E-state index contributed by atoms with van der Waals surface area (Å²) < 4.78 is 28.8. The molecule has 0 radical (unpaired) electrons. The summed E-state index contributed by atoms with van der Waals surface area (Å²) in [5.41, 5.74) is 1.19. The fraction of sp³-hybridized carbons (Fsp3) is 0.625. The van der Waals surface area contributed by atoms with E-state index in [1.165, 1.54) is 0 Å². The van der Waals surface area contributed by atoms with Crippen molar-refractivity contribution in [3.05, 3.63) is 29.8 Å². The van der Waals surface area contributed by atoms with Gasteiger partial charge in [0.2, 0.25) is 0 Å². The molecule has 1 rings (SSSR count). The lowest BCUT2D eigenvalue weighted by Gasteiger charge is -2.29. The molecule has 0 amide bonds. The number of hydrogen-bond acceptors (Lipinski definition) is 2. The Balaban J connectivity index is 2.61. The number of hydrogen-bond donors (Lipinski definition) is 1. The zero-order chi connectivity index (χ0) is 15.3. The number of ether oxygens (including phenoxy) is 1. The third-order valence-corrected chi connectivity index (χ3v) is 3.79. The van der Waals surface area contributed by atoms with Crippen LogP contribution in [-0.4, -0.2) is 13.2 Å². The average Bonchev–Trinajstić information content (AvgIpc) is 2.33. The van der Waals surface area contributed by atoms with E-state index in [1.807, 2.05) is 13.0 Å². The summed E-state index contributed by atoms with van der Waals surface area (Å²) in [6, 6.07) is 6.95. The Kier molecular flexibility index (Phi) is 5.93. The molecular weight excluding hydrogens is 260 g/mol. The summed E-state index contributed by atoms with van der Waals surface area (Å²) >= 11 is 0. The van der Waals surface area contributed by atoms with Crippen LogP contribution in [0.5, 0.6) is 5.75 Å². The molecule has 2 atom stereocenters. The van der Waals surface area contributed by atoms with Gasteiger partial charge in [-0.15, -0.1) is 0 Å². The van der Waals surface area contributed by atoms with Crippen molar-refractivity contribution < 1.29 is 13.5 Å². The Morgan fingerprint density at radius 1 is 1.20 bits per heavy atom. The molecule has 1 aromatic carbocycles. The van der Waals surface area contributed by atoms with E-state index in [0.717, 1.165) is 12.1 Å². The first kappa shape index (κ1) is 16.9. The van der Waals surface area contributed by atoms with Gasteiger partial charge in [0.15, 0.2) is 0 Å². The fourth-order valence-corrected chi connectivity index (χ4v) is 1.74. The second-order valence-electron chi connectivity index (χ2n) is 6.35. The maximum atomic E-state index is 12.2. The molecule has 0 aliphatic rings. The maximum Gasteiger partial charge on any atom is 0.387 e. The Morgan fingerprint density at radius 3 is 2.40 bits per heavy atom. The van der Waals surface area contributed by atoms with Crippen molar-refractivity contribution in [2.45, 2.75) is 47.3 Å². The highest BCUT2D eigenvalue weighted by atomic mass is 19.3. The molecule has 2 unspecified atom stereocenters. The quantitative estimate of drug-likeness (QED) is 0.823. The summed E-state index contributed by atoms with van der Waals surface area (Å²) in [5, 5.41) is 3.44. The second-order valence-corrected chi connectivity index (χ2v) is 6.35. The van der Waals surface area contributed by atoms with Crippen molar-refractivity contribution in [3.63, 3.8) is 0 Å². The molecule has 114 valence electrons. The SMILES string of the molecule is CC(NCC(C)C(C)(C)C)c1cccc(OC(F)F)c1. The van der Waals surface area contributed by atoms with Gasteiger partial charge in [0.1, 0.15) is 5.75 Å². The average molecular weight is 285 g/mol. The first-order valence-corrected chi connectivity index (χ1v) is 6.98. The molecule has 2 nitrogen and oxygen atoms in total. The van der Waals surface area contributed by atoms with E-state index < -0.39 is 6.61 Å². The van der Waals surface area contributed by atoms with Gasteiger partial charge < -0.3 is 10.1 Å². The lowest BCUT2D eigenvalue weighted by Crippen LogP contribution is -2.31. The Labute approximate surface area is 120 Å². The van der Waals surface area contributed by atoms with Crippen LogP contribution in [0.4, 0.5) is 8.78 Å². The van der Waals surface area contributed by atoms with E-state index in [1.54, 1.807) is 18.2 Å². The van der Waals surface area contributed by atoms with Gasteiger partial charge in [-0.2, -0.15) is 8.78 Å². The van der Waals surface area contributed by atoms with Crippen LogP contribution in [0.3, 0.4) is 0 Å². The minimum Gasteiger partial charge on any atom is -0.435 e. The molecule has 20 heavy (non-hydrogen) atoms. The summed E-state index contributed by atoms with van der Waals surface area (Å²) in [7, 11) is 0. The molecule has 0 heterocycles. The Morgan fingerprint density at radius 2 is 1.85 bits per heavy atom. The smallest absolute Gasteiger partial charge is 0.387 e. The monoisotopic (exact) mass is 285 g/mol. The molecule has 0 aliphatic carbocycles. The number of alkyl halides is 2. The predicted molar refractivity (Wildman–Crippen MR) is 78.1 cm³/mol. The third-order valence-electron chi connectivity index (χ3n) is 3.79. The second kappa shape index (κ2) is 7.02. The molecule has 0 spiro atoms. The van der Waals surface area contributed by atoms with Crippen LogP contribution in [-0.2, 0) is 0 Å². The van der Waals surface area contributed by atoms with E-state index in [4.69, 9.17) is 0 Å². The van der Waals surface area contributed by atoms with Crippen LogP contribution in [0.15, 0.2) is 24.3 Å². The fourth-order valence-electron chi connectivity index (χ4n) is 1.74. The van der Waals surface area contributed by atoms with Crippen molar-refractivity contribution in [1.82, 2.24) is 5.32 Å². The van der Waals surface area contributed by atoms with Gasteiger partial charge in [0, 0.05) is 6.04 Å². The molecule has 1 aromatic rings. The van der Waals surface area contributed by atoms with Gasteiger partial charge in [0.25, 0.3) is 0 Å². The summed E-state index contributed by atoms with van der Waals surface area (Å²) in [6.07, 6.45) is 0. The van der Waals surface area contributed by atoms with Crippen LogP contribution in [0.2, 0.25) is 0 Å². The third kappa shape index (κ3) is 5.45. The van der Waals surface area contributed by atoms with Crippen molar-refractivity contribution >= 4 is 0 Å². The molecule has 1 N–H and O–H groups in total. The van der Waals surface area contributed by atoms with Crippen LogP contribution in [0, 0.1) is 11.3 Å². The number of benzene rings is 1. The molecule has 0 aliphatic heterocycles. The standard InChI is InChI=1S/C16H25F2NO/c1-11(16(3,4)5)10-19-12(2)13-7-6-8-14(9-13)20-15(17)18/h6-9,11-12,15,19H,10H2,1-5H3. The highest BCUT2D eigenvalue weighted by molar-refractivity contribution is 5.30. The van der Waals surface area contributed by atoms with Gasteiger partial charge in [-0.05, 0) is 42.5 Å². The molecule has 0 aromatic heterocycles. The number of halogens is 2. The van der Waals surface area contributed by atoms with Crippen LogP contribution in [0.1, 0.15) is 46.2 Å². The summed E-state index contributed by atoms with van der Waals surface area (Å²) in [5.74, 6) is 0.723. The molecular formula is C16H25F2NO. The highest BCUT2D eigenvalue weighted by Crippen LogP contribution is 2.26. The lowest BCUT2D eigenvalue weighted by molar-refractivity contribution is -0.0499. The van der Waals surface area contributed by atoms with E-state index >= 15 is 0 Å². The number of rotatable bonds is 6. The van der Waals surface area contributed by atoms with Gasteiger partial charge in [-0.1, -0.05) is 39.8 Å². The van der Waals surface area contributed by atoms with E-state index in [0.29, 0.717) is 5.92 Å². The molecule has 0 saturated heterocycles. The van der Waals surface area contributed by atoms with Gasteiger partial charge in [0.05, 0.1) is 0 Å². The zero-order valence-electron chi connectivity index (χ0n) is 12.9. The van der Waals surface area contributed by atoms with Gasteiger partial charge in [-0.3, -0.25) is 0 Å². The highest BCUT2D eigenvalue weighted by Gasteiger charge is 2.20. The largest absolute Gasteiger partial charge is 0.435 e. The van der Waals surface area contributed by atoms with E-state index in [-0.39, 0.29) is 17.2 Å². The molecule has 0 fully saturated rings. The van der Waals surface area contributed by atoms with Crippen LogP contribution < -0.4 is 10.1 Å². The van der Waals surface area contributed by atoms with Crippen LogP contribution >= 0.6 is 0 Å². The lowest BCUT2D eigenvalue weighted by atomic mass is 9.82. The first-order chi connectivity index (χ1) is 9.20. The Bertz CT molecular complexity index is 415. The van der Waals surface area contributed by atoms with Gasteiger partial charge >= 0.3 is 6.61 Å². The minimum absolute atomic E-state index is 0.0982. The van der Waals surface area contributed by atoms with E-state index in [2.05, 4.69) is 37.7 Å². The predicted octanol–water partition coefficient (Wildman–Crippen LogP) is 4.62. The molecule has 0 saturated carbocycles. The van der Waals surface area contributed by atoms with Crippen molar-refractivity contribution in [2.75, 3.05) is 6.54 Å². The first-order valence-electron chi connectivity index (χ1n) is 6.98. The normalized spacial score (nSPS) is 15.2. The molecule has 4 heteroatoms. The van der Waals surface area contributed by atoms with Crippen LogP contribution in [0.25, 0.3) is 0 Å². The van der Waals surface area contributed by atoms with E-state index in [9.17, 15) is 8.78 Å². The topological polar surface area (TPSA) is 21.3 Å². The van der Waals surface area contributed by atoms with Crippen molar-refractivity contribution in [2.24, 2.45) is 11.3 Å². The zero-order valence-corrected chi connectivity index (χ0v) is 12.9.